The third kappa shape index (κ3) is 2.01. The van der Waals surface area contributed by atoms with E-state index < -0.39 is 11.7 Å². The summed E-state index contributed by atoms with van der Waals surface area (Å²) in [5, 5.41) is 4.76. The second kappa shape index (κ2) is 4.68. The van der Waals surface area contributed by atoms with Crippen LogP contribution in [0.1, 0.15) is 20.8 Å². The van der Waals surface area contributed by atoms with Crippen molar-refractivity contribution in [1.29, 1.82) is 0 Å². The molecule has 1 aromatic heterocycles. The number of rotatable bonds is 1. The summed E-state index contributed by atoms with van der Waals surface area (Å²) >= 11 is 5.34. The van der Waals surface area contributed by atoms with E-state index in [1.807, 2.05) is 17.4 Å². The summed E-state index contributed by atoms with van der Waals surface area (Å²) in [6.45, 7) is 1.80. The molecule has 0 saturated carbocycles. The van der Waals surface area contributed by atoms with E-state index in [4.69, 9.17) is 0 Å². The molecule has 4 nitrogen and oxygen atoms in total. The van der Waals surface area contributed by atoms with Gasteiger partial charge in [-0.05, 0) is 51.5 Å². The van der Waals surface area contributed by atoms with Gasteiger partial charge in [-0.3, -0.25) is 9.59 Å². The molecule has 0 aliphatic carbocycles. The Labute approximate surface area is 133 Å². The lowest BCUT2D eigenvalue weighted by Crippen LogP contribution is -2.29. The fourth-order valence-electron chi connectivity index (χ4n) is 2.85. The van der Waals surface area contributed by atoms with E-state index in [9.17, 15) is 9.59 Å². The molecule has 106 valence electrons. The van der Waals surface area contributed by atoms with E-state index in [1.54, 1.807) is 6.07 Å². The highest BCUT2D eigenvalue weighted by atomic mass is 79.9. The molecule has 0 saturated heterocycles. The molecular weight excluding hydrogens is 352 g/mol. The Morgan fingerprint density at radius 2 is 2.14 bits per heavy atom. The number of thiophene rings is 1. The molecule has 2 aliphatic heterocycles. The van der Waals surface area contributed by atoms with Crippen molar-refractivity contribution in [3.63, 3.8) is 0 Å². The first kappa shape index (κ1) is 13.0. The lowest BCUT2D eigenvalue weighted by atomic mass is 10.1. The molecule has 1 N–H and O–H groups in total. The van der Waals surface area contributed by atoms with Crippen LogP contribution >= 0.6 is 27.3 Å². The van der Waals surface area contributed by atoms with Crippen LogP contribution in [0.5, 0.6) is 0 Å². The molecule has 6 heteroatoms. The van der Waals surface area contributed by atoms with Crippen molar-refractivity contribution >= 4 is 50.3 Å². The molecule has 0 fully saturated rings. The fourth-order valence-corrected chi connectivity index (χ4v) is 4.33. The van der Waals surface area contributed by atoms with E-state index in [2.05, 4.69) is 37.6 Å². The van der Waals surface area contributed by atoms with Gasteiger partial charge in [0, 0.05) is 22.4 Å². The van der Waals surface area contributed by atoms with Crippen molar-refractivity contribution < 1.29 is 9.59 Å². The Balaban J connectivity index is 1.73. The average Bonchev–Trinajstić information content (AvgIpc) is 3.04. The number of ketones is 1. The van der Waals surface area contributed by atoms with Gasteiger partial charge in [-0.15, -0.1) is 11.3 Å². The number of amides is 1. The predicted octanol–water partition coefficient (Wildman–Crippen LogP) is 3.21. The zero-order valence-electron chi connectivity index (χ0n) is 11.0. The van der Waals surface area contributed by atoms with Crippen LogP contribution in [-0.2, 0) is 17.8 Å². The maximum atomic E-state index is 11.7. The smallest absolute Gasteiger partial charge is 0.296 e. The van der Waals surface area contributed by atoms with Gasteiger partial charge in [-0.2, -0.15) is 0 Å². The van der Waals surface area contributed by atoms with Crippen molar-refractivity contribution in [3.8, 4) is 0 Å². The fraction of sp³-hybridized carbons (Fsp3) is 0.200. The number of hydrogen-bond acceptors (Lipinski definition) is 4. The molecule has 2 aromatic rings. The Kier molecular flexibility index (Phi) is 2.90. The van der Waals surface area contributed by atoms with Crippen LogP contribution in [0, 0.1) is 0 Å². The van der Waals surface area contributed by atoms with Gasteiger partial charge in [0.15, 0.2) is 0 Å². The molecule has 1 aromatic carbocycles. The van der Waals surface area contributed by atoms with Crippen LogP contribution < -0.4 is 10.2 Å². The van der Waals surface area contributed by atoms with Gasteiger partial charge in [0.2, 0.25) is 0 Å². The van der Waals surface area contributed by atoms with Gasteiger partial charge in [-0.25, -0.2) is 0 Å². The van der Waals surface area contributed by atoms with Gasteiger partial charge >= 0.3 is 0 Å². The van der Waals surface area contributed by atoms with E-state index in [1.165, 1.54) is 10.4 Å². The zero-order valence-corrected chi connectivity index (χ0v) is 13.4. The molecule has 0 atom stereocenters. The van der Waals surface area contributed by atoms with Crippen molar-refractivity contribution in [3.05, 3.63) is 44.1 Å². The third-order valence-corrected chi connectivity index (χ3v) is 5.59. The van der Waals surface area contributed by atoms with Crippen LogP contribution in [0.25, 0.3) is 0 Å². The molecule has 21 heavy (non-hydrogen) atoms. The standard InChI is InChI=1S/C15H11BrN2O2S/c16-10-5-9-11(17-15(20)14(9)19)6-12(10)18-3-1-13-8(7-18)2-4-21-13/h2,4-6H,1,3,7H2,(H,17,19,20). The van der Waals surface area contributed by atoms with Crippen LogP contribution in [0.3, 0.4) is 0 Å². The van der Waals surface area contributed by atoms with E-state index in [-0.39, 0.29) is 0 Å². The minimum Gasteiger partial charge on any atom is -0.366 e. The molecule has 0 radical (unpaired) electrons. The number of benzene rings is 1. The van der Waals surface area contributed by atoms with Gasteiger partial charge in [0.05, 0.1) is 16.9 Å². The molecule has 1 amide bonds. The van der Waals surface area contributed by atoms with Crippen LogP contribution in [-0.4, -0.2) is 18.2 Å². The summed E-state index contributed by atoms with van der Waals surface area (Å²) in [5.74, 6) is -1.01. The quantitative estimate of drug-likeness (QED) is 0.792. The second-order valence-corrected chi connectivity index (χ2v) is 7.03. The lowest BCUT2D eigenvalue weighted by molar-refractivity contribution is -0.112. The molecule has 2 aliphatic rings. The first-order valence-corrected chi connectivity index (χ1v) is 8.30. The number of hydrogen-bond donors (Lipinski definition) is 1. The largest absolute Gasteiger partial charge is 0.366 e. The summed E-state index contributed by atoms with van der Waals surface area (Å²) in [4.78, 5) is 26.9. The van der Waals surface area contributed by atoms with Gasteiger partial charge in [-0.1, -0.05) is 0 Å². The second-order valence-electron chi connectivity index (χ2n) is 5.17. The van der Waals surface area contributed by atoms with Gasteiger partial charge in [0.25, 0.3) is 11.7 Å². The molecule has 4 rings (SSSR count). The molecular formula is C15H11BrN2O2S. The molecule has 0 unspecified atom stereocenters. The Morgan fingerprint density at radius 1 is 1.29 bits per heavy atom. The SMILES string of the molecule is O=C1Nc2cc(N3CCc4sccc4C3)c(Br)cc2C1=O. The minimum atomic E-state index is -0.548. The predicted molar refractivity (Wildman–Crippen MR) is 86.2 cm³/mol. The molecule has 3 heterocycles. The highest BCUT2D eigenvalue weighted by Gasteiger charge is 2.30. The summed E-state index contributed by atoms with van der Waals surface area (Å²) < 4.78 is 0.852. The number of anilines is 2. The average molecular weight is 363 g/mol. The van der Waals surface area contributed by atoms with Gasteiger partial charge < -0.3 is 10.2 Å². The summed E-state index contributed by atoms with van der Waals surface area (Å²) in [7, 11) is 0. The lowest BCUT2D eigenvalue weighted by Gasteiger charge is -2.30. The van der Waals surface area contributed by atoms with Crippen molar-refractivity contribution in [2.24, 2.45) is 0 Å². The first-order valence-electron chi connectivity index (χ1n) is 6.63. The third-order valence-electron chi connectivity index (χ3n) is 3.93. The highest BCUT2D eigenvalue weighted by molar-refractivity contribution is 9.10. The number of carbonyl (C=O) groups is 2. The topological polar surface area (TPSA) is 49.4 Å². The molecule has 0 spiro atoms. The first-order chi connectivity index (χ1) is 10.1. The Morgan fingerprint density at radius 3 is 3.00 bits per heavy atom. The van der Waals surface area contributed by atoms with E-state index in [0.717, 1.165) is 29.7 Å². The van der Waals surface area contributed by atoms with Crippen LogP contribution in [0.2, 0.25) is 0 Å². The van der Waals surface area contributed by atoms with Crippen molar-refractivity contribution in [1.82, 2.24) is 0 Å². The van der Waals surface area contributed by atoms with Crippen LogP contribution in [0.15, 0.2) is 28.1 Å². The Hall–Kier alpha value is -1.66. The van der Waals surface area contributed by atoms with Crippen molar-refractivity contribution in [2.45, 2.75) is 13.0 Å². The summed E-state index contributed by atoms with van der Waals surface area (Å²) in [5.41, 5.74) is 3.43. The van der Waals surface area contributed by atoms with E-state index in [0.29, 0.717) is 11.3 Å². The van der Waals surface area contributed by atoms with Gasteiger partial charge in [0.1, 0.15) is 0 Å². The number of fused-ring (bicyclic) bond motifs is 2. The number of Topliss-reactive ketones (excluding diaryl/α,β-unsaturated/α-hetero) is 1. The number of halogens is 1. The minimum absolute atomic E-state index is 0.448. The number of nitrogens with zero attached hydrogens (tertiary/aromatic N) is 1. The zero-order chi connectivity index (χ0) is 14.6. The Bertz CT molecular complexity index is 784. The monoisotopic (exact) mass is 362 g/mol. The van der Waals surface area contributed by atoms with Crippen LogP contribution in [0.4, 0.5) is 11.4 Å². The summed E-state index contributed by atoms with van der Waals surface area (Å²) in [6.07, 6.45) is 1.03. The maximum Gasteiger partial charge on any atom is 0.296 e. The number of nitrogens with one attached hydrogen (secondary N) is 1. The number of carbonyl (C=O) groups excluding carboxylic acids is 2. The highest BCUT2D eigenvalue weighted by Crippen LogP contribution is 2.37. The normalized spacial score (nSPS) is 16.7. The van der Waals surface area contributed by atoms with E-state index >= 15 is 0 Å². The molecule has 0 bridgehead atoms. The maximum absolute atomic E-state index is 11.7. The van der Waals surface area contributed by atoms with Crippen molar-refractivity contribution in [2.75, 3.05) is 16.8 Å². The summed E-state index contributed by atoms with van der Waals surface area (Å²) in [6, 6.07) is 5.80.